The van der Waals surface area contributed by atoms with E-state index in [4.69, 9.17) is 9.47 Å². The lowest BCUT2D eigenvalue weighted by molar-refractivity contribution is 0.0192. The van der Waals surface area contributed by atoms with Crippen LogP contribution in [0.3, 0.4) is 0 Å². The molecule has 0 radical (unpaired) electrons. The molecule has 2 rings (SSSR count). The Labute approximate surface area is 129 Å². The third-order valence-electron chi connectivity index (χ3n) is 4.09. The molecule has 0 heterocycles. The van der Waals surface area contributed by atoms with E-state index in [-0.39, 0.29) is 0 Å². The van der Waals surface area contributed by atoms with E-state index in [0.717, 1.165) is 37.7 Å². The van der Waals surface area contributed by atoms with Crippen LogP contribution in [0.5, 0.6) is 5.75 Å². The van der Waals surface area contributed by atoms with Gasteiger partial charge in [0.2, 0.25) is 0 Å². The Kier molecular flexibility index (Phi) is 6.52. The van der Waals surface area contributed by atoms with Gasteiger partial charge < -0.3 is 14.8 Å². The normalized spacial score (nSPS) is 17.5. The third-order valence-corrected chi connectivity index (χ3v) is 4.09. The summed E-state index contributed by atoms with van der Waals surface area (Å²) in [5.74, 6) is 1.67. The van der Waals surface area contributed by atoms with Crippen LogP contribution in [-0.4, -0.2) is 32.4 Å². The number of hydrogen-bond acceptors (Lipinski definition) is 3. The van der Waals surface area contributed by atoms with Gasteiger partial charge in [-0.15, -0.1) is 0 Å². The minimum Gasteiger partial charge on any atom is -0.497 e. The fourth-order valence-electron chi connectivity index (χ4n) is 2.89. The molecule has 118 valence electrons. The van der Waals surface area contributed by atoms with Crippen LogP contribution < -0.4 is 10.1 Å². The molecule has 0 spiro atoms. The highest BCUT2D eigenvalue weighted by Gasteiger charge is 2.37. The van der Waals surface area contributed by atoms with E-state index in [2.05, 4.69) is 37.4 Å². The molecule has 2 atom stereocenters. The Balaban J connectivity index is 2.06. The minimum atomic E-state index is 0.341. The second-order valence-corrected chi connectivity index (χ2v) is 5.87. The summed E-state index contributed by atoms with van der Waals surface area (Å²) in [7, 11) is 1.72. The van der Waals surface area contributed by atoms with E-state index in [0.29, 0.717) is 12.1 Å². The van der Waals surface area contributed by atoms with Crippen molar-refractivity contribution in [3.8, 4) is 5.75 Å². The van der Waals surface area contributed by atoms with E-state index in [1.807, 2.05) is 6.07 Å². The molecule has 1 aromatic carbocycles. The predicted octanol–water partition coefficient (Wildman–Crippen LogP) is 3.42. The van der Waals surface area contributed by atoms with E-state index in [1.54, 1.807) is 7.11 Å². The number of rotatable bonds is 10. The van der Waals surface area contributed by atoms with Crippen LogP contribution in [-0.2, 0) is 11.2 Å². The van der Waals surface area contributed by atoms with Gasteiger partial charge in [-0.2, -0.15) is 0 Å². The van der Waals surface area contributed by atoms with Gasteiger partial charge in [0.05, 0.1) is 13.2 Å². The molecular formula is C18H29NO2. The molecule has 0 saturated heterocycles. The SMILES string of the molecule is CCCNC(Cc1cccc(OC)c1)C(OCC)C1CC1. The second kappa shape index (κ2) is 8.40. The zero-order valence-corrected chi connectivity index (χ0v) is 13.6. The van der Waals surface area contributed by atoms with E-state index >= 15 is 0 Å². The Morgan fingerprint density at radius 2 is 2.10 bits per heavy atom. The van der Waals surface area contributed by atoms with Crippen molar-refractivity contribution in [1.82, 2.24) is 5.32 Å². The number of methoxy groups -OCH3 is 1. The highest BCUT2D eigenvalue weighted by atomic mass is 16.5. The average Bonchev–Trinajstić information content (AvgIpc) is 3.34. The van der Waals surface area contributed by atoms with Gasteiger partial charge in [0, 0.05) is 12.6 Å². The molecule has 1 aliphatic carbocycles. The fourth-order valence-corrected chi connectivity index (χ4v) is 2.89. The van der Waals surface area contributed by atoms with Gasteiger partial charge >= 0.3 is 0 Å². The van der Waals surface area contributed by atoms with Gasteiger partial charge in [0.1, 0.15) is 5.75 Å². The van der Waals surface area contributed by atoms with Crippen LogP contribution in [0.2, 0.25) is 0 Å². The predicted molar refractivity (Wildman–Crippen MR) is 86.9 cm³/mol. The molecule has 1 aliphatic rings. The Morgan fingerprint density at radius 3 is 2.71 bits per heavy atom. The average molecular weight is 291 g/mol. The van der Waals surface area contributed by atoms with Crippen molar-refractivity contribution in [2.45, 2.75) is 51.7 Å². The molecule has 0 aliphatic heterocycles. The van der Waals surface area contributed by atoms with Crippen molar-refractivity contribution in [3.05, 3.63) is 29.8 Å². The quantitative estimate of drug-likeness (QED) is 0.716. The third kappa shape index (κ3) is 5.01. The zero-order valence-electron chi connectivity index (χ0n) is 13.6. The fraction of sp³-hybridized carbons (Fsp3) is 0.667. The second-order valence-electron chi connectivity index (χ2n) is 5.87. The largest absolute Gasteiger partial charge is 0.497 e. The first-order valence-electron chi connectivity index (χ1n) is 8.26. The molecule has 1 saturated carbocycles. The lowest BCUT2D eigenvalue weighted by Gasteiger charge is -2.28. The molecule has 0 bridgehead atoms. The van der Waals surface area contributed by atoms with Gasteiger partial charge in [-0.05, 0) is 62.8 Å². The number of ether oxygens (including phenoxy) is 2. The molecule has 1 aromatic rings. The van der Waals surface area contributed by atoms with Crippen molar-refractivity contribution in [1.29, 1.82) is 0 Å². The van der Waals surface area contributed by atoms with E-state index in [9.17, 15) is 0 Å². The lowest BCUT2D eigenvalue weighted by Crippen LogP contribution is -2.44. The maximum atomic E-state index is 6.06. The van der Waals surface area contributed by atoms with Gasteiger partial charge in [0.25, 0.3) is 0 Å². The van der Waals surface area contributed by atoms with E-state index in [1.165, 1.54) is 18.4 Å². The maximum absolute atomic E-state index is 6.06. The van der Waals surface area contributed by atoms with Crippen molar-refractivity contribution in [3.63, 3.8) is 0 Å². The molecule has 3 heteroatoms. The van der Waals surface area contributed by atoms with Crippen molar-refractivity contribution >= 4 is 0 Å². The van der Waals surface area contributed by atoms with Gasteiger partial charge in [0.15, 0.2) is 0 Å². The topological polar surface area (TPSA) is 30.5 Å². The molecule has 2 unspecified atom stereocenters. The van der Waals surface area contributed by atoms with Crippen molar-refractivity contribution in [2.75, 3.05) is 20.3 Å². The molecule has 0 aromatic heterocycles. The standard InChI is InChI=1S/C18H29NO2/c1-4-11-19-17(18(21-5-2)15-9-10-15)13-14-7-6-8-16(12-14)20-3/h6-8,12,15,17-19H,4-5,9-11,13H2,1-3H3. The summed E-state index contributed by atoms with van der Waals surface area (Å²) >= 11 is 0. The van der Waals surface area contributed by atoms with Crippen LogP contribution in [0.4, 0.5) is 0 Å². The lowest BCUT2D eigenvalue weighted by atomic mass is 9.97. The summed E-state index contributed by atoms with van der Waals surface area (Å²) in [6.07, 6.45) is 5.11. The summed E-state index contributed by atoms with van der Waals surface area (Å²) in [6, 6.07) is 8.77. The molecule has 1 N–H and O–H groups in total. The number of benzene rings is 1. The summed E-state index contributed by atoms with van der Waals surface area (Å²) < 4.78 is 11.4. The summed E-state index contributed by atoms with van der Waals surface area (Å²) in [4.78, 5) is 0. The molecule has 21 heavy (non-hydrogen) atoms. The Bertz CT molecular complexity index is 417. The minimum absolute atomic E-state index is 0.341. The van der Waals surface area contributed by atoms with Gasteiger partial charge in [-0.3, -0.25) is 0 Å². The summed E-state index contributed by atoms with van der Waals surface area (Å²) in [6.45, 7) is 6.15. The Morgan fingerprint density at radius 1 is 1.29 bits per heavy atom. The van der Waals surface area contributed by atoms with Crippen LogP contribution in [0.15, 0.2) is 24.3 Å². The molecule has 0 amide bonds. The summed E-state index contributed by atoms with van der Waals surface area (Å²) in [5, 5.41) is 3.70. The monoisotopic (exact) mass is 291 g/mol. The maximum Gasteiger partial charge on any atom is 0.119 e. The first-order chi connectivity index (χ1) is 10.3. The smallest absolute Gasteiger partial charge is 0.119 e. The number of hydrogen-bond donors (Lipinski definition) is 1. The van der Waals surface area contributed by atoms with Crippen molar-refractivity contribution in [2.24, 2.45) is 5.92 Å². The first kappa shape index (κ1) is 16.3. The zero-order chi connectivity index (χ0) is 15.1. The van der Waals surface area contributed by atoms with Crippen LogP contribution in [0.1, 0.15) is 38.7 Å². The van der Waals surface area contributed by atoms with Crippen LogP contribution in [0.25, 0.3) is 0 Å². The highest BCUT2D eigenvalue weighted by molar-refractivity contribution is 5.29. The highest BCUT2D eigenvalue weighted by Crippen LogP contribution is 2.36. The summed E-state index contributed by atoms with van der Waals surface area (Å²) in [5.41, 5.74) is 1.31. The van der Waals surface area contributed by atoms with Gasteiger partial charge in [-0.1, -0.05) is 19.1 Å². The number of nitrogens with one attached hydrogen (secondary N) is 1. The molecule has 1 fully saturated rings. The van der Waals surface area contributed by atoms with Crippen LogP contribution in [0, 0.1) is 5.92 Å². The van der Waals surface area contributed by atoms with Crippen molar-refractivity contribution < 1.29 is 9.47 Å². The molecule has 3 nitrogen and oxygen atoms in total. The van der Waals surface area contributed by atoms with Gasteiger partial charge in [-0.25, -0.2) is 0 Å². The van der Waals surface area contributed by atoms with Crippen LogP contribution >= 0.6 is 0 Å². The molecular weight excluding hydrogens is 262 g/mol. The Hall–Kier alpha value is -1.06. The first-order valence-corrected chi connectivity index (χ1v) is 8.26. The van der Waals surface area contributed by atoms with E-state index < -0.39 is 0 Å².